The lowest BCUT2D eigenvalue weighted by Gasteiger charge is -2.22. The van der Waals surface area contributed by atoms with Crippen LogP contribution in [0.2, 0.25) is 0 Å². The van der Waals surface area contributed by atoms with E-state index in [1.54, 1.807) is 6.20 Å². The third-order valence-electron chi connectivity index (χ3n) is 3.94. The standard InChI is InChI=1S/C15H26N4O/c1-13(12-19-10-2-7-18-19)11-17-15(20)4-3-14-5-8-16-9-6-14/h2,7,10,13-14,16H,3-6,8-9,11-12H2,1H3,(H,17,20). The Morgan fingerprint density at radius 1 is 1.50 bits per heavy atom. The second-order valence-corrected chi connectivity index (χ2v) is 5.87. The Hall–Kier alpha value is -1.36. The molecule has 1 aromatic rings. The van der Waals surface area contributed by atoms with Crippen molar-refractivity contribution in [1.29, 1.82) is 0 Å². The molecule has 2 heterocycles. The Bertz CT molecular complexity index is 385. The van der Waals surface area contributed by atoms with Gasteiger partial charge in [0.15, 0.2) is 0 Å². The Balaban J connectivity index is 1.57. The van der Waals surface area contributed by atoms with Crippen LogP contribution in [0.3, 0.4) is 0 Å². The summed E-state index contributed by atoms with van der Waals surface area (Å²) in [4.78, 5) is 11.8. The molecule has 1 atom stereocenters. The van der Waals surface area contributed by atoms with Gasteiger partial charge < -0.3 is 10.6 Å². The minimum atomic E-state index is 0.191. The van der Waals surface area contributed by atoms with Gasteiger partial charge in [0.1, 0.15) is 0 Å². The number of carbonyl (C=O) groups is 1. The summed E-state index contributed by atoms with van der Waals surface area (Å²) in [5, 5.41) is 10.6. The number of hydrogen-bond donors (Lipinski definition) is 2. The molecule has 0 bridgehead atoms. The van der Waals surface area contributed by atoms with Gasteiger partial charge in [0.2, 0.25) is 5.91 Å². The normalized spacial score (nSPS) is 17.9. The average molecular weight is 278 g/mol. The highest BCUT2D eigenvalue weighted by atomic mass is 16.1. The van der Waals surface area contributed by atoms with E-state index in [2.05, 4.69) is 22.7 Å². The van der Waals surface area contributed by atoms with Crippen LogP contribution in [-0.2, 0) is 11.3 Å². The Kier molecular flexibility index (Phi) is 6.05. The molecule has 0 aliphatic carbocycles. The molecule has 2 N–H and O–H groups in total. The van der Waals surface area contributed by atoms with E-state index in [-0.39, 0.29) is 5.91 Å². The van der Waals surface area contributed by atoms with Crippen LogP contribution < -0.4 is 10.6 Å². The summed E-state index contributed by atoms with van der Waals surface area (Å²) < 4.78 is 1.91. The first-order chi connectivity index (χ1) is 9.74. The van der Waals surface area contributed by atoms with Gasteiger partial charge >= 0.3 is 0 Å². The number of piperidine rings is 1. The fourth-order valence-corrected chi connectivity index (χ4v) is 2.67. The number of hydrogen-bond acceptors (Lipinski definition) is 3. The zero-order chi connectivity index (χ0) is 14.2. The van der Waals surface area contributed by atoms with Gasteiger partial charge in [-0.1, -0.05) is 6.92 Å². The van der Waals surface area contributed by atoms with Crippen molar-refractivity contribution in [2.45, 2.75) is 39.2 Å². The molecule has 0 spiro atoms. The van der Waals surface area contributed by atoms with Crippen LogP contribution in [0.5, 0.6) is 0 Å². The number of rotatable bonds is 7. The van der Waals surface area contributed by atoms with Gasteiger partial charge in [-0.3, -0.25) is 9.48 Å². The second kappa shape index (κ2) is 8.04. The van der Waals surface area contributed by atoms with Crippen LogP contribution in [0, 0.1) is 11.8 Å². The summed E-state index contributed by atoms with van der Waals surface area (Å²) in [5.41, 5.74) is 0. The molecular weight excluding hydrogens is 252 g/mol. The Morgan fingerprint density at radius 2 is 2.30 bits per heavy atom. The van der Waals surface area contributed by atoms with Crippen molar-refractivity contribution in [3.05, 3.63) is 18.5 Å². The van der Waals surface area contributed by atoms with Crippen molar-refractivity contribution in [3.63, 3.8) is 0 Å². The highest BCUT2D eigenvalue weighted by Gasteiger charge is 2.14. The first-order valence-electron chi connectivity index (χ1n) is 7.69. The van der Waals surface area contributed by atoms with Crippen LogP contribution in [0.4, 0.5) is 0 Å². The molecule has 1 aromatic heterocycles. The van der Waals surface area contributed by atoms with Crippen molar-refractivity contribution in [2.75, 3.05) is 19.6 Å². The van der Waals surface area contributed by atoms with Gasteiger partial charge in [-0.05, 0) is 50.3 Å². The number of carbonyl (C=O) groups excluding carboxylic acids is 1. The SMILES string of the molecule is CC(CNC(=O)CCC1CCNCC1)Cn1cccn1. The number of amides is 1. The van der Waals surface area contributed by atoms with Crippen LogP contribution in [0.15, 0.2) is 18.5 Å². The van der Waals surface area contributed by atoms with Gasteiger partial charge in [-0.25, -0.2) is 0 Å². The fraction of sp³-hybridized carbons (Fsp3) is 0.733. The van der Waals surface area contributed by atoms with E-state index in [4.69, 9.17) is 0 Å². The van der Waals surface area contributed by atoms with Gasteiger partial charge in [-0.15, -0.1) is 0 Å². The smallest absolute Gasteiger partial charge is 0.220 e. The van der Waals surface area contributed by atoms with E-state index in [1.807, 2.05) is 16.9 Å². The largest absolute Gasteiger partial charge is 0.356 e. The molecule has 1 amide bonds. The molecule has 1 saturated heterocycles. The molecule has 112 valence electrons. The van der Waals surface area contributed by atoms with Gasteiger partial charge in [0, 0.05) is 31.9 Å². The average Bonchev–Trinajstić information content (AvgIpc) is 2.97. The molecule has 5 heteroatoms. The zero-order valence-corrected chi connectivity index (χ0v) is 12.3. The summed E-state index contributed by atoms with van der Waals surface area (Å²) in [6.45, 7) is 5.92. The molecule has 2 rings (SSSR count). The highest BCUT2D eigenvalue weighted by Crippen LogP contribution is 2.17. The lowest BCUT2D eigenvalue weighted by molar-refractivity contribution is -0.121. The Morgan fingerprint density at radius 3 is 3.00 bits per heavy atom. The summed E-state index contributed by atoms with van der Waals surface area (Å²) in [7, 11) is 0. The van der Waals surface area contributed by atoms with Crippen molar-refractivity contribution >= 4 is 5.91 Å². The molecule has 0 saturated carbocycles. The third kappa shape index (κ3) is 5.33. The van der Waals surface area contributed by atoms with E-state index in [9.17, 15) is 4.79 Å². The predicted octanol–water partition coefficient (Wildman–Crippen LogP) is 1.42. The second-order valence-electron chi connectivity index (χ2n) is 5.87. The van der Waals surface area contributed by atoms with Crippen LogP contribution in [0.1, 0.15) is 32.6 Å². The van der Waals surface area contributed by atoms with Gasteiger partial charge in [0.25, 0.3) is 0 Å². The highest BCUT2D eigenvalue weighted by molar-refractivity contribution is 5.75. The summed E-state index contributed by atoms with van der Waals surface area (Å²) in [6.07, 6.45) is 7.85. The van der Waals surface area contributed by atoms with E-state index < -0.39 is 0 Å². The maximum absolute atomic E-state index is 11.8. The van der Waals surface area contributed by atoms with Crippen LogP contribution in [0.25, 0.3) is 0 Å². The molecule has 1 fully saturated rings. The maximum Gasteiger partial charge on any atom is 0.220 e. The lowest BCUT2D eigenvalue weighted by atomic mass is 9.93. The first-order valence-corrected chi connectivity index (χ1v) is 7.69. The summed E-state index contributed by atoms with van der Waals surface area (Å²) in [6, 6.07) is 1.92. The zero-order valence-electron chi connectivity index (χ0n) is 12.3. The van der Waals surface area contributed by atoms with Crippen molar-refractivity contribution < 1.29 is 4.79 Å². The van der Waals surface area contributed by atoms with Crippen molar-refractivity contribution in [1.82, 2.24) is 20.4 Å². The third-order valence-corrected chi connectivity index (χ3v) is 3.94. The summed E-state index contributed by atoms with van der Waals surface area (Å²) >= 11 is 0. The van der Waals surface area contributed by atoms with E-state index in [0.29, 0.717) is 12.3 Å². The number of nitrogens with zero attached hydrogens (tertiary/aromatic N) is 2. The molecule has 0 aromatic carbocycles. The molecule has 1 aliphatic rings. The number of nitrogens with one attached hydrogen (secondary N) is 2. The minimum absolute atomic E-state index is 0.191. The van der Waals surface area contributed by atoms with Crippen molar-refractivity contribution in [3.8, 4) is 0 Å². The fourth-order valence-electron chi connectivity index (χ4n) is 2.67. The topological polar surface area (TPSA) is 59.0 Å². The van der Waals surface area contributed by atoms with Crippen LogP contribution in [-0.4, -0.2) is 35.3 Å². The lowest BCUT2D eigenvalue weighted by Crippen LogP contribution is -2.31. The monoisotopic (exact) mass is 278 g/mol. The first kappa shape index (κ1) is 15.0. The van der Waals surface area contributed by atoms with Crippen molar-refractivity contribution in [2.24, 2.45) is 11.8 Å². The summed E-state index contributed by atoms with van der Waals surface area (Å²) in [5.74, 6) is 1.32. The van der Waals surface area contributed by atoms with E-state index in [0.717, 1.165) is 38.5 Å². The number of aromatic nitrogens is 2. The minimum Gasteiger partial charge on any atom is -0.356 e. The van der Waals surface area contributed by atoms with Gasteiger partial charge in [-0.2, -0.15) is 5.10 Å². The Labute approximate surface area is 121 Å². The molecule has 0 radical (unpaired) electrons. The molecule has 1 aliphatic heterocycles. The molecular formula is C15H26N4O. The predicted molar refractivity (Wildman–Crippen MR) is 79.2 cm³/mol. The molecule has 5 nitrogen and oxygen atoms in total. The molecule has 20 heavy (non-hydrogen) atoms. The van der Waals surface area contributed by atoms with Crippen LogP contribution >= 0.6 is 0 Å². The van der Waals surface area contributed by atoms with Gasteiger partial charge in [0.05, 0.1) is 0 Å². The van der Waals surface area contributed by atoms with E-state index >= 15 is 0 Å². The van der Waals surface area contributed by atoms with E-state index in [1.165, 1.54) is 12.8 Å². The quantitative estimate of drug-likeness (QED) is 0.793. The maximum atomic E-state index is 11.8. The molecule has 1 unspecified atom stereocenters.